The summed E-state index contributed by atoms with van der Waals surface area (Å²) in [6.07, 6.45) is 3.13. The summed E-state index contributed by atoms with van der Waals surface area (Å²) in [6.45, 7) is 2.13. The van der Waals surface area contributed by atoms with Crippen LogP contribution < -0.4 is 5.32 Å². The van der Waals surface area contributed by atoms with E-state index in [-0.39, 0.29) is 56.7 Å². The SMILES string of the molecule is CCCCc1nc(Cl)c(C(=O)NC(CCC(=O)OCCCCON(O)O)C(=O)OCCCCON(O)O)n1Cc1ccc(-c2ccccc2-c2nn[nH]n2)cc1. The second-order valence-corrected chi connectivity index (χ2v) is 12.7. The average molecular weight is 804 g/mol. The van der Waals surface area contributed by atoms with Gasteiger partial charge in [0.1, 0.15) is 17.6 Å². The topological polar surface area (TPSA) is 260 Å². The van der Waals surface area contributed by atoms with Gasteiger partial charge >= 0.3 is 11.9 Å². The van der Waals surface area contributed by atoms with Gasteiger partial charge in [-0.25, -0.2) is 9.78 Å². The maximum Gasteiger partial charge on any atom is 0.328 e. The van der Waals surface area contributed by atoms with E-state index in [0.29, 0.717) is 43.8 Å². The number of rotatable bonds is 25. The number of H-pyrrole nitrogens is 1. The van der Waals surface area contributed by atoms with Crippen LogP contribution in [0.25, 0.3) is 22.5 Å². The molecular formula is C35H46ClN9O11. The number of hydrogen-bond acceptors (Lipinski definition) is 17. The molecule has 2 aromatic carbocycles. The first kappa shape index (κ1) is 43.8. The molecular weight excluding hydrogens is 758 g/mol. The van der Waals surface area contributed by atoms with Gasteiger partial charge in [-0.3, -0.25) is 40.1 Å². The van der Waals surface area contributed by atoms with Crippen molar-refractivity contribution in [1.82, 2.24) is 46.3 Å². The number of halogens is 1. The van der Waals surface area contributed by atoms with Gasteiger partial charge in [0.15, 0.2) is 5.15 Å². The number of ether oxygens (including phenoxy) is 2. The lowest BCUT2D eigenvalue weighted by Gasteiger charge is -2.19. The summed E-state index contributed by atoms with van der Waals surface area (Å²) in [4.78, 5) is 53.3. The first-order valence-electron chi connectivity index (χ1n) is 18.0. The van der Waals surface area contributed by atoms with Crippen molar-refractivity contribution < 1.29 is 54.4 Å². The number of benzene rings is 2. The number of aromatic amines is 1. The Morgan fingerprint density at radius 3 is 2.14 bits per heavy atom. The van der Waals surface area contributed by atoms with Crippen LogP contribution in [-0.4, -0.2) is 112 Å². The normalized spacial score (nSPS) is 11.9. The Hall–Kier alpha value is -4.90. The highest BCUT2D eigenvalue weighted by atomic mass is 35.5. The van der Waals surface area contributed by atoms with E-state index in [1.807, 2.05) is 55.5 Å². The number of hydrogen-bond donors (Lipinski definition) is 6. The highest BCUT2D eigenvalue weighted by Crippen LogP contribution is 2.30. The number of carbonyl (C=O) groups is 3. The molecule has 2 heterocycles. The Morgan fingerprint density at radius 2 is 1.52 bits per heavy atom. The maximum atomic E-state index is 14.0. The van der Waals surface area contributed by atoms with E-state index in [4.69, 9.17) is 41.9 Å². The molecule has 1 amide bonds. The molecule has 56 heavy (non-hydrogen) atoms. The number of imidazole rings is 1. The summed E-state index contributed by atoms with van der Waals surface area (Å²) in [7, 11) is 0. The van der Waals surface area contributed by atoms with Crippen LogP contribution in [0.15, 0.2) is 48.5 Å². The molecule has 6 N–H and O–H groups in total. The summed E-state index contributed by atoms with van der Waals surface area (Å²) >= 11 is 6.62. The first-order valence-corrected chi connectivity index (χ1v) is 18.4. The van der Waals surface area contributed by atoms with Gasteiger partial charge in [0.25, 0.3) is 5.91 Å². The molecule has 2 aromatic heterocycles. The van der Waals surface area contributed by atoms with Crippen molar-refractivity contribution in [2.24, 2.45) is 0 Å². The molecule has 20 nitrogen and oxygen atoms in total. The zero-order chi connectivity index (χ0) is 40.3. The minimum absolute atomic E-state index is 0.0172. The standard InChI is InChI=1S/C35H46ClN9O11/c1-2-3-12-29-38-32(36)31(43(29)23-24-13-15-25(16-14-24)26-10-4-5-11-27(26)33-39-41-42-40-33)34(47)37-28(35(48)54-20-7-9-22-56-45(51)52)17-18-30(46)53-19-6-8-21-55-44(49)50/h4-5,10-11,13-16,28,49-52H,2-3,6-9,12,17-23H2,1H3,(H,37,47)(H,39,40,41,42). The number of carbonyl (C=O) groups excluding carboxylic acids is 3. The molecule has 304 valence electrons. The minimum Gasteiger partial charge on any atom is -0.466 e. The van der Waals surface area contributed by atoms with E-state index in [1.54, 1.807) is 4.57 Å². The fourth-order valence-electron chi connectivity index (χ4n) is 5.53. The van der Waals surface area contributed by atoms with Crippen molar-refractivity contribution in [3.8, 4) is 22.5 Å². The third-order valence-corrected chi connectivity index (χ3v) is 8.58. The van der Waals surface area contributed by atoms with E-state index in [1.165, 1.54) is 0 Å². The van der Waals surface area contributed by atoms with E-state index in [0.717, 1.165) is 35.1 Å². The van der Waals surface area contributed by atoms with Crippen molar-refractivity contribution in [2.45, 2.75) is 77.3 Å². The van der Waals surface area contributed by atoms with Gasteiger partial charge < -0.3 is 19.4 Å². The van der Waals surface area contributed by atoms with Crippen LogP contribution in [0.2, 0.25) is 5.15 Å². The summed E-state index contributed by atoms with van der Waals surface area (Å²) in [5.74, 6) is -1.10. The summed E-state index contributed by atoms with van der Waals surface area (Å²) < 4.78 is 12.3. The van der Waals surface area contributed by atoms with E-state index >= 15 is 0 Å². The molecule has 0 saturated carbocycles. The van der Waals surface area contributed by atoms with Gasteiger partial charge in [-0.15, -0.1) is 10.2 Å². The third-order valence-electron chi connectivity index (χ3n) is 8.32. The number of amides is 1. The first-order chi connectivity index (χ1) is 27.1. The van der Waals surface area contributed by atoms with Crippen LogP contribution in [0.4, 0.5) is 0 Å². The van der Waals surface area contributed by atoms with Gasteiger partial charge in [0, 0.05) is 24.9 Å². The summed E-state index contributed by atoms with van der Waals surface area (Å²) in [5, 5.41) is 50.7. The quantitative estimate of drug-likeness (QED) is 0.0310. The van der Waals surface area contributed by atoms with E-state index < -0.39 is 34.7 Å². The van der Waals surface area contributed by atoms with Crippen LogP contribution in [0, 0.1) is 0 Å². The van der Waals surface area contributed by atoms with E-state index in [2.05, 4.69) is 40.6 Å². The molecule has 0 aliphatic heterocycles. The molecule has 1 atom stereocenters. The van der Waals surface area contributed by atoms with Crippen molar-refractivity contribution in [3.63, 3.8) is 0 Å². The minimum atomic E-state index is -1.28. The zero-order valence-electron chi connectivity index (χ0n) is 30.8. The average Bonchev–Trinajstić information content (AvgIpc) is 3.83. The largest absolute Gasteiger partial charge is 0.466 e. The Balaban J connectivity index is 1.49. The Kier molecular flexibility index (Phi) is 18.2. The number of unbranched alkanes of at least 4 members (excludes halogenated alkanes) is 3. The molecule has 0 fully saturated rings. The Bertz CT molecular complexity index is 1810. The molecule has 0 spiro atoms. The molecule has 1 unspecified atom stereocenters. The second-order valence-electron chi connectivity index (χ2n) is 12.4. The smallest absolute Gasteiger partial charge is 0.328 e. The molecule has 0 bridgehead atoms. The molecule has 0 aliphatic carbocycles. The van der Waals surface area contributed by atoms with Crippen LogP contribution in [-0.2, 0) is 41.7 Å². The molecule has 4 rings (SSSR count). The number of aromatic nitrogens is 6. The summed E-state index contributed by atoms with van der Waals surface area (Å²) in [6, 6.07) is 14.1. The number of aryl methyl sites for hydroxylation is 1. The molecule has 0 aliphatic rings. The lowest BCUT2D eigenvalue weighted by Crippen LogP contribution is -2.43. The number of esters is 2. The fourth-order valence-corrected chi connectivity index (χ4v) is 5.81. The van der Waals surface area contributed by atoms with Gasteiger partial charge in [0.2, 0.25) is 5.82 Å². The lowest BCUT2D eigenvalue weighted by molar-refractivity contribution is -0.492. The van der Waals surface area contributed by atoms with Crippen molar-refractivity contribution in [1.29, 1.82) is 0 Å². The van der Waals surface area contributed by atoms with Gasteiger partial charge in [0.05, 0.1) is 37.2 Å². The second kappa shape index (κ2) is 23.2. The fraction of sp³-hybridized carbons (Fsp3) is 0.457. The molecule has 0 saturated heterocycles. The molecule has 0 radical (unpaired) electrons. The van der Waals surface area contributed by atoms with E-state index in [9.17, 15) is 14.4 Å². The van der Waals surface area contributed by atoms with Gasteiger partial charge in [-0.1, -0.05) is 73.5 Å². The van der Waals surface area contributed by atoms with Crippen LogP contribution in [0.1, 0.15) is 80.2 Å². The van der Waals surface area contributed by atoms with Gasteiger partial charge in [-0.05, 0) is 60.4 Å². The molecule has 4 aromatic rings. The molecule has 21 heteroatoms. The number of nitrogens with one attached hydrogen (secondary N) is 2. The maximum absolute atomic E-state index is 14.0. The predicted octanol–water partition coefficient (Wildman–Crippen LogP) is 4.32. The third kappa shape index (κ3) is 14.0. The highest BCUT2D eigenvalue weighted by molar-refractivity contribution is 6.32. The lowest BCUT2D eigenvalue weighted by atomic mass is 9.98. The van der Waals surface area contributed by atoms with Crippen LogP contribution in [0.3, 0.4) is 0 Å². The summed E-state index contributed by atoms with van der Waals surface area (Å²) in [5.41, 5.74) is 3.49. The van der Waals surface area contributed by atoms with Crippen molar-refractivity contribution >= 4 is 29.4 Å². The van der Waals surface area contributed by atoms with Crippen molar-refractivity contribution in [3.05, 3.63) is 70.8 Å². The predicted molar refractivity (Wildman–Crippen MR) is 194 cm³/mol. The van der Waals surface area contributed by atoms with Crippen LogP contribution >= 0.6 is 11.6 Å². The van der Waals surface area contributed by atoms with Crippen molar-refractivity contribution in [2.75, 3.05) is 26.4 Å². The highest BCUT2D eigenvalue weighted by Gasteiger charge is 2.29. The Morgan fingerprint density at radius 1 is 0.875 bits per heavy atom. The zero-order valence-corrected chi connectivity index (χ0v) is 31.5. The number of nitrogens with zero attached hydrogens (tertiary/aromatic N) is 7. The monoisotopic (exact) mass is 803 g/mol. The van der Waals surface area contributed by atoms with Crippen LogP contribution in [0.5, 0.6) is 0 Å². The Labute approximate surface area is 326 Å². The van der Waals surface area contributed by atoms with Gasteiger partial charge in [-0.2, -0.15) is 5.21 Å². The number of tetrazole rings is 1.